The lowest BCUT2D eigenvalue weighted by Crippen LogP contribution is -2.28. The van der Waals surface area contributed by atoms with Crippen LogP contribution in [0.25, 0.3) is 11.2 Å². The fraction of sp³-hybridized carbons (Fsp3) is 0.600. The van der Waals surface area contributed by atoms with Crippen molar-refractivity contribution < 1.29 is 0 Å². The summed E-state index contributed by atoms with van der Waals surface area (Å²) in [5.74, 6) is 0.672. The number of nitrogens with one attached hydrogen (secondary N) is 1. The van der Waals surface area contributed by atoms with Crippen molar-refractivity contribution >= 4 is 23.4 Å². The van der Waals surface area contributed by atoms with Crippen LogP contribution in [0.1, 0.15) is 26.0 Å². The molecule has 1 fully saturated rings. The Hall–Kier alpha value is -1.20. The van der Waals surface area contributed by atoms with E-state index in [2.05, 4.69) is 39.3 Å². The Morgan fingerprint density at radius 3 is 2.95 bits per heavy atom. The van der Waals surface area contributed by atoms with Gasteiger partial charge in [-0.25, -0.2) is 4.98 Å². The summed E-state index contributed by atoms with van der Waals surface area (Å²) in [7, 11) is 0. The van der Waals surface area contributed by atoms with Gasteiger partial charge < -0.3 is 14.5 Å². The molecule has 0 bridgehead atoms. The molecule has 0 radical (unpaired) electrons. The third kappa shape index (κ3) is 2.52. The number of H-pyrrole nitrogens is 1. The molecule has 5 heteroatoms. The fourth-order valence-corrected chi connectivity index (χ4v) is 3.30. The Kier molecular flexibility index (Phi) is 3.65. The molecule has 0 spiro atoms. The van der Waals surface area contributed by atoms with Crippen molar-refractivity contribution in [1.82, 2.24) is 19.4 Å². The summed E-state index contributed by atoms with van der Waals surface area (Å²) in [5.41, 5.74) is 3.08. The smallest absolute Gasteiger partial charge is 0.179 e. The average Bonchev–Trinajstić information content (AvgIpc) is 2.97. The molecule has 20 heavy (non-hydrogen) atoms. The van der Waals surface area contributed by atoms with Gasteiger partial charge in [0.1, 0.15) is 0 Å². The molecular weight excluding hydrogens is 268 g/mol. The molecule has 108 valence electrons. The van der Waals surface area contributed by atoms with E-state index in [9.17, 15) is 0 Å². The van der Waals surface area contributed by atoms with Crippen LogP contribution in [0.5, 0.6) is 0 Å². The van der Waals surface area contributed by atoms with Crippen molar-refractivity contribution in [2.45, 2.75) is 39.8 Å². The van der Waals surface area contributed by atoms with Gasteiger partial charge in [-0.1, -0.05) is 0 Å². The van der Waals surface area contributed by atoms with E-state index in [-0.39, 0.29) is 0 Å². The predicted octanol–water partition coefficient (Wildman–Crippen LogP) is 3.13. The lowest BCUT2D eigenvalue weighted by molar-refractivity contribution is 0.261. The van der Waals surface area contributed by atoms with Crippen molar-refractivity contribution in [3.63, 3.8) is 0 Å². The number of nitrogens with zero attached hydrogens (tertiary/aromatic N) is 3. The average molecular weight is 290 g/mol. The number of likely N-dealkylation sites (tertiary alicyclic amines) is 1. The van der Waals surface area contributed by atoms with Crippen molar-refractivity contribution in [2.75, 3.05) is 13.1 Å². The number of aromatic amines is 1. The highest BCUT2D eigenvalue weighted by molar-refractivity contribution is 7.71. The van der Waals surface area contributed by atoms with Crippen LogP contribution in [0.4, 0.5) is 0 Å². The zero-order chi connectivity index (χ0) is 14.3. The summed E-state index contributed by atoms with van der Waals surface area (Å²) < 4.78 is 2.97. The van der Waals surface area contributed by atoms with Crippen molar-refractivity contribution in [3.8, 4) is 0 Å². The Bertz CT molecular complexity index is 670. The van der Waals surface area contributed by atoms with Gasteiger partial charge in [-0.2, -0.15) is 0 Å². The highest BCUT2D eigenvalue weighted by Gasteiger charge is 2.25. The first-order valence-electron chi connectivity index (χ1n) is 7.35. The Morgan fingerprint density at radius 2 is 2.25 bits per heavy atom. The molecule has 0 aromatic carbocycles. The van der Waals surface area contributed by atoms with Gasteiger partial charge in [0.25, 0.3) is 0 Å². The number of pyridine rings is 1. The van der Waals surface area contributed by atoms with Gasteiger partial charge >= 0.3 is 0 Å². The van der Waals surface area contributed by atoms with Crippen molar-refractivity contribution in [3.05, 3.63) is 22.6 Å². The second-order valence-corrected chi connectivity index (χ2v) is 6.49. The first-order valence-corrected chi connectivity index (χ1v) is 7.75. The molecule has 1 saturated heterocycles. The summed E-state index contributed by atoms with van der Waals surface area (Å²) >= 11 is 5.47. The van der Waals surface area contributed by atoms with Crippen molar-refractivity contribution in [2.24, 2.45) is 5.92 Å². The third-order valence-electron chi connectivity index (χ3n) is 4.25. The molecule has 0 aliphatic carbocycles. The Morgan fingerprint density at radius 1 is 1.45 bits per heavy atom. The molecule has 1 atom stereocenters. The number of imidazole rings is 1. The van der Waals surface area contributed by atoms with Gasteiger partial charge in [0.2, 0.25) is 0 Å². The third-order valence-corrected chi connectivity index (χ3v) is 4.57. The molecule has 0 saturated carbocycles. The van der Waals surface area contributed by atoms with Crippen LogP contribution in [0.2, 0.25) is 0 Å². The number of fused-ring (bicyclic) bond motifs is 1. The molecule has 3 rings (SSSR count). The summed E-state index contributed by atoms with van der Waals surface area (Å²) in [6.45, 7) is 9.89. The summed E-state index contributed by atoms with van der Waals surface area (Å²) in [4.78, 5) is 10.5. The van der Waals surface area contributed by atoms with E-state index in [4.69, 9.17) is 12.2 Å². The second kappa shape index (κ2) is 5.30. The van der Waals surface area contributed by atoms with E-state index in [1.165, 1.54) is 13.0 Å². The van der Waals surface area contributed by atoms with E-state index >= 15 is 0 Å². The summed E-state index contributed by atoms with van der Waals surface area (Å²) in [6, 6.07) is 4.73. The number of hydrogen-bond donors (Lipinski definition) is 1. The molecule has 1 aliphatic heterocycles. The molecular formula is C15H22N4S. The van der Waals surface area contributed by atoms with E-state index in [1.54, 1.807) is 0 Å². The van der Waals surface area contributed by atoms with Gasteiger partial charge in [0.05, 0.1) is 5.52 Å². The Balaban J connectivity index is 1.86. The molecule has 3 heterocycles. The summed E-state index contributed by atoms with van der Waals surface area (Å²) in [5, 5.41) is 0. The topological polar surface area (TPSA) is 36.9 Å². The second-order valence-electron chi connectivity index (χ2n) is 6.11. The van der Waals surface area contributed by atoms with Gasteiger partial charge in [-0.3, -0.25) is 0 Å². The normalized spacial score (nSPS) is 20.3. The monoisotopic (exact) mass is 290 g/mol. The maximum atomic E-state index is 5.47. The maximum absolute atomic E-state index is 5.47. The van der Waals surface area contributed by atoms with Crippen LogP contribution in [-0.2, 0) is 6.54 Å². The van der Waals surface area contributed by atoms with Crippen LogP contribution in [-0.4, -0.2) is 38.6 Å². The number of aryl methyl sites for hydroxylation is 1. The largest absolute Gasteiger partial charge is 0.329 e. The molecule has 1 N–H and O–H groups in total. The standard InChI is InChI=1S/C15H22N4S/c1-10(2)18-7-6-12(8-18)9-19-14-13(17-15(19)20)5-4-11(3)16-14/h4-5,10,12H,6-9H2,1-3H3,(H,17,20). The molecule has 1 aliphatic rings. The van der Waals surface area contributed by atoms with Gasteiger partial charge in [0, 0.05) is 24.8 Å². The Labute approximate surface area is 124 Å². The summed E-state index contributed by atoms with van der Waals surface area (Å²) in [6.07, 6.45) is 1.25. The number of rotatable bonds is 3. The minimum Gasteiger partial charge on any atom is -0.329 e. The minimum absolute atomic E-state index is 0.635. The van der Waals surface area contributed by atoms with Gasteiger partial charge in [-0.05, 0) is 64.0 Å². The maximum Gasteiger partial charge on any atom is 0.179 e. The van der Waals surface area contributed by atoms with Crippen LogP contribution in [0, 0.1) is 17.6 Å². The van der Waals surface area contributed by atoms with Gasteiger partial charge in [-0.15, -0.1) is 0 Å². The highest BCUT2D eigenvalue weighted by atomic mass is 32.1. The molecule has 4 nitrogen and oxygen atoms in total. The highest BCUT2D eigenvalue weighted by Crippen LogP contribution is 2.22. The lowest BCUT2D eigenvalue weighted by Gasteiger charge is -2.20. The quantitative estimate of drug-likeness (QED) is 0.882. The zero-order valence-electron chi connectivity index (χ0n) is 12.4. The first kappa shape index (κ1) is 13.8. The number of hydrogen-bond acceptors (Lipinski definition) is 3. The van der Waals surface area contributed by atoms with Crippen LogP contribution < -0.4 is 0 Å². The fourth-order valence-electron chi connectivity index (χ4n) is 3.03. The molecule has 2 aromatic rings. The SMILES string of the molecule is Cc1ccc2[nH]c(=S)n(CC3CCN(C(C)C)C3)c2n1. The van der Waals surface area contributed by atoms with Gasteiger partial charge in [0.15, 0.2) is 10.4 Å². The van der Waals surface area contributed by atoms with E-state index in [1.807, 2.05) is 13.0 Å². The minimum atomic E-state index is 0.635. The van der Waals surface area contributed by atoms with Crippen LogP contribution in [0.15, 0.2) is 12.1 Å². The van der Waals surface area contributed by atoms with Crippen LogP contribution >= 0.6 is 12.2 Å². The number of aromatic nitrogens is 3. The molecule has 2 aromatic heterocycles. The van der Waals surface area contributed by atoms with Crippen molar-refractivity contribution in [1.29, 1.82) is 0 Å². The zero-order valence-corrected chi connectivity index (χ0v) is 13.2. The molecule has 1 unspecified atom stereocenters. The first-order chi connectivity index (χ1) is 9.54. The van der Waals surface area contributed by atoms with E-state index in [0.29, 0.717) is 12.0 Å². The van der Waals surface area contributed by atoms with E-state index in [0.717, 1.165) is 34.7 Å². The predicted molar refractivity (Wildman–Crippen MR) is 84.5 cm³/mol. The van der Waals surface area contributed by atoms with E-state index < -0.39 is 0 Å². The lowest BCUT2D eigenvalue weighted by atomic mass is 10.1. The van der Waals surface area contributed by atoms with Crippen LogP contribution in [0.3, 0.4) is 0 Å². The molecule has 0 amide bonds.